The summed E-state index contributed by atoms with van der Waals surface area (Å²) >= 11 is 2.15. The van der Waals surface area contributed by atoms with Crippen LogP contribution in [0.15, 0.2) is 0 Å². The lowest BCUT2D eigenvalue weighted by molar-refractivity contribution is 0.398. The van der Waals surface area contributed by atoms with E-state index in [1.165, 1.54) is 51.1 Å². The van der Waals surface area contributed by atoms with Crippen LogP contribution in [0.2, 0.25) is 0 Å². The highest BCUT2D eigenvalue weighted by Gasteiger charge is 2.21. The Bertz CT molecular complexity index is 142. The fraction of sp³-hybridized carbons (Fsp3) is 1.00. The molecule has 1 saturated heterocycles. The molecule has 2 rings (SSSR count). The Kier molecular flexibility index (Phi) is 3.94. The Labute approximate surface area is 85.2 Å². The van der Waals surface area contributed by atoms with Crippen LogP contribution in [0.25, 0.3) is 0 Å². The zero-order valence-electron chi connectivity index (χ0n) is 8.22. The maximum absolute atomic E-state index is 3.62. The molecule has 2 fully saturated rings. The molecule has 1 unspecified atom stereocenters. The predicted octanol–water partition coefficient (Wildman–Crippen LogP) is 1.22. The van der Waals surface area contributed by atoms with Gasteiger partial charge in [0.25, 0.3) is 0 Å². The summed E-state index contributed by atoms with van der Waals surface area (Å²) in [6.07, 6.45) is 5.64. The van der Waals surface area contributed by atoms with E-state index in [0.29, 0.717) is 0 Å². The molecule has 1 aliphatic carbocycles. The quantitative estimate of drug-likeness (QED) is 0.653. The lowest BCUT2D eigenvalue weighted by Crippen LogP contribution is -2.43. The molecular formula is C10H20N2S. The molecule has 0 amide bonds. The molecular weight excluding hydrogens is 180 g/mol. The summed E-state index contributed by atoms with van der Waals surface area (Å²) in [6.45, 7) is 3.59. The number of hydrogen-bond acceptors (Lipinski definition) is 3. The van der Waals surface area contributed by atoms with Crippen molar-refractivity contribution in [2.75, 3.05) is 25.4 Å². The van der Waals surface area contributed by atoms with Gasteiger partial charge in [-0.3, -0.25) is 0 Å². The van der Waals surface area contributed by atoms with E-state index in [-0.39, 0.29) is 0 Å². The third-order valence-electron chi connectivity index (χ3n) is 2.71. The Morgan fingerprint density at radius 2 is 2.23 bits per heavy atom. The van der Waals surface area contributed by atoms with Crippen molar-refractivity contribution in [1.29, 1.82) is 0 Å². The topological polar surface area (TPSA) is 24.1 Å². The fourth-order valence-electron chi connectivity index (χ4n) is 1.75. The summed E-state index contributed by atoms with van der Waals surface area (Å²) in [5.74, 6) is 1.31. The molecule has 2 N–H and O–H groups in total. The lowest BCUT2D eigenvalue weighted by Gasteiger charge is -2.23. The normalized spacial score (nSPS) is 29.1. The van der Waals surface area contributed by atoms with Gasteiger partial charge in [-0.25, -0.2) is 0 Å². The Hall–Kier alpha value is 0.270. The van der Waals surface area contributed by atoms with Crippen molar-refractivity contribution in [3.05, 3.63) is 0 Å². The Balaban J connectivity index is 1.46. The molecule has 2 aliphatic rings. The minimum atomic E-state index is 0.744. The van der Waals surface area contributed by atoms with Gasteiger partial charge in [0.05, 0.1) is 0 Å². The number of rotatable bonds is 5. The first kappa shape index (κ1) is 9.81. The highest BCUT2D eigenvalue weighted by molar-refractivity contribution is 8.00. The molecule has 1 aliphatic heterocycles. The van der Waals surface area contributed by atoms with Crippen LogP contribution >= 0.6 is 11.8 Å². The zero-order valence-corrected chi connectivity index (χ0v) is 9.04. The number of thioether (sulfide) groups is 1. The van der Waals surface area contributed by atoms with E-state index in [1.807, 2.05) is 0 Å². The minimum Gasteiger partial charge on any atom is -0.315 e. The van der Waals surface area contributed by atoms with Crippen molar-refractivity contribution >= 4 is 11.8 Å². The van der Waals surface area contributed by atoms with Gasteiger partial charge in [0.2, 0.25) is 0 Å². The minimum absolute atomic E-state index is 0.744. The van der Waals surface area contributed by atoms with Crippen molar-refractivity contribution in [2.24, 2.45) is 0 Å². The van der Waals surface area contributed by atoms with E-state index < -0.39 is 0 Å². The van der Waals surface area contributed by atoms with Crippen molar-refractivity contribution in [2.45, 2.75) is 37.0 Å². The molecule has 0 radical (unpaired) electrons. The average molecular weight is 200 g/mol. The van der Waals surface area contributed by atoms with Crippen molar-refractivity contribution in [3.63, 3.8) is 0 Å². The third kappa shape index (κ3) is 3.88. The highest BCUT2D eigenvalue weighted by atomic mass is 32.2. The second-order valence-corrected chi connectivity index (χ2v) is 5.48. The molecule has 76 valence electrons. The Morgan fingerprint density at radius 1 is 1.31 bits per heavy atom. The van der Waals surface area contributed by atoms with E-state index in [0.717, 1.165) is 11.3 Å². The first-order valence-corrected chi connectivity index (χ1v) is 6.56. The van der Waals surface area contributed by atoms with Crippen LogP contribution in [0.5, 0.6) is 0 Å². The summed E-state index contributed by atoms with van der Waals surface area (Å²) in [5.41, 5.74) is 0. The molecule has 2 nitrogen and oxygen atoms in total. The third-order valence-corrected chi connectivity index (χ3v) is 4.09. The van der Waals surface area contributed by atoms with Crippen molar-refractivity contribution in [1.82, 2.24) is 10.6 Å². The fourth-order valence-corrected chi connectivity index (χ4v) is 2.79. The molecule has 0 aromatic carbocycles. The highest BCUT2D eigenvalue weighted by Crippen LogP contribution is 2.33. The summed E-state index contributed by atoms with van der Waals surface area (Å²) in [7, 11) is 0. The number of nitrogens with one attached hydrogen (secondary N) is 2. The maximum Gasteiger partial charge on any atom is 0.0193 e. The SMILES string of the molecule is C1CNCC(NCCSC2CC2)C1. The van der Waals surface area contributed by atoms with E-state index >= 15 is 0 Å². The second kappa shape index (κ2) is 5.23. The molecule has 0 aromatic rings. The largest absolute Gasteiger partial charge is 0.315 e. The van der Waals surface area contributed by atoms with Gasteiger partial charge in [0, 0.05) is 30.1 Å². The van der Waals surface area contributed by atoms with Gasteiger partial charge >= 0.3 is 0 Å². The molecule has 13 heavy (non-hydrogen) atoms. The van der Waals surface area contributed by atoms with Gasteiger partial charge in [0.15, 0.2) is 0 Å². The van der Waals surface area contributed by atoms with Gasteiger partial charge in [-0.15, -0.1) is 0 Å². The van der Waals surface area contributed by atoms with Crippen molar-refractivity contribution in [3.8, 4) is 0 Å². The lowest BCUT2D eigenvalue weighted by atomic mass is 10.1. The summed E-state index contributed by atoms with van der Waals surface area (Å²) < 4.78 is 0. The van der Waals surface area contributed by atoms with Crippen LogP contribution in [0.4, 0.5) is 0 Å². The van der Waals surface area contributed by atoms with Gasteiger partial charge in [0.1, 0.15) is 0 Å². The van der Waals surface area contributed by atoms with E-state index in [4.69, 9.17) is 0 Å². The van der Waals surface area contributed by atoms with Crippen LogP contribution in [0.3, 0.4) is 0 Å². The first-order chi connectivity index (χ1) is 6.45. The standard InChI is InChI=1S/C10H20N2S/c1-2-9(8-11-5-1)12-6-7-13-10-3-4-10/h9-12H,1-8H2. The van der Waals surface area contributed by atoms with Gasteiger partial charge < -0.3 is 10.6 Å². The Morgan fingerprint density at radius 3 is 2.92 bits per heavy atom. The number of piperidine rings is 1. The molecule has 0 spiro atoms. The van der Waals surface area contributed by atoms with E-state index in [2.05, 4.69) is 22.4 Å². The summed E-state index contributed by atoms with van der Waals surface area (Å²) in [4.78, 5) is 0. The maximum atomic E-state index is 3.62. The van der Waals surface area contributed by atoms with Gasteiger partial charge in [-0.1, -0.05) is 0 Å². The van der Waals surface area contributed by atoms with E-state index in [1.54, 1.807) is 0 Å². The van der Waals surface area contributed by atoms with Crippen molar-refractivity contribution < 1.29 is 0 Å². The van der Waals surface area contributed by atoms with Crippen LogP contribution in [-0.4, -0.2) is 36.7 Å². The second-order valence-electron chi connectivity index (χ2n) is 4.07. The summed E-state index contributed by atoms with van der Waals surface area (Å²) in [5, 5.41) is 8.07. The van der Waals surface area contributed by atoms with Gasteiger partial charge in [-0.05, 0) is 32.2 Å². The van der Waals surface area contributed by atoms with Crippen LogP contribution in [0, 0.1) is 0 Å². The number of hydrogen-bond donors (Lipinski definition) is 2. The predicted molar refractivity (Wildman–Crippen MR) is 59.4 cm³/mol. The molecule has 0 bridgehead atoms. The molecule has 1 heterocycles. The molecule has 1 saturated carbocycles. The molecule has 0 aromatic heterocycles. The zero-order chi connectivity index (χ0) is 8.93. The van der Waals surface area contributed by atoms with E-state index in [9.17, 15) is 0 Å². The molecule has 3 heteroatoms. The van der Waals surface area contributed by atoms with Crippen LogP contribution in [-0.2, 0) is 0 Å². The average Bonchev–Trinajstić information content (AvgIpc) is 2.98. The monoisotopic (exact) mass is 200 g/mol. The van der Waals surface area contributed by atoms with Gasteiger partial charge in [-0.2, -0.15) is 11.8 Å². The van der Waals surface area contributed by atoms with Crippen LogP contribution < -0.4 is 10.6 Å². The van der Waals surface area contributed by atoms with Crippen LogP contribution in [0.1, 0.15) is 25.7 Å². The first-order valence-electron chi connectivity index (χ1n) is 5.51. The smallest absolute Gasteiger partial charge is 0.0193 e. The summed E-state index contributed by atoms with van der Waals surface area (Å²) in [6, 6.07) is 0.744. The molecule has 1 atom stereocenters.